The average Bonchev–Trinajstić information content (AvgIpc) is 2.32. The van der Waals surface area contributed by atoms with Crippen LogP contribution in [0.15, 0.2) is 18.2 Å². The first kappa shape index (κ1) is 14.5. The van der Waals surface area contributed by atoms with Gasteiger partial charge in [-0.25, -0.2) is 8.78 Å². The predicted molar refractivity (Wildman–Crippen MR) is 62.8 cm³/mol. The van der Waals surface area contributed by atoms with Crippen molar-refractivity contribution >= 4 is 5.91 Å². The van der Waals surface area contributed by atoms with Gasteiger partial charge in [-0.3, -0.25) is 4.79 Å². The molecule has 0 spiro atoms. The molecule has 18 heavy (non-hydrogen) atoms. The molecule has 0 aromatic heterocycles. The molecule has 0 aliphatic rings. The Morgan fingerprint density at radius 2 is 2.11 bits per heavy atom. The molecule has 1 amide bonds. The topological polar surface area (TPSA) is 64.3 Å². The second kappa shape index (κ2) is 6.42. The Kier molecular flexibility index (Phi) is 5.18. The lowest BCUT2D eigenvalue weighted by Crippen LogP contribution is -2.44. The molecule has 100 valence electrons. The first-order valence-electron chi connectivity index (χ1n) is 5.45. The smallest absolute Gasteiger partial charge is 0.239 e. The highest BCUT2D eigenvalue weighted by atomic mass is 19.2. The molecule has 1 aromatic rings. The fourth-order valence-corrected chi connectivity index (χ4v) is 1.44. The van der Waals surface area contributed by atoms with Crippen LogP contribution in [0.3, 0.4) is 0 Å². The van der Waals surface area contributed by atoms with Crippen molar-refractivity contribution in [3.8, 4) is 0 Å². The lowest BCUT2D eigenvalue weighted by Gasteiger charge is -2.17. The highest BCUT2D eigenvalue weighted by molar-refractivity contribution is 5.82. The number of hydrogen-bond acceptors (Lipinski definition) is 3. The van der Waals surface area contributed by atoms with E-state index in [-0.39, 0.29) is 6.61 Å². The summed E-state index contributed by atoms with van der Waals surface area (Å²) in [6, 6.07) is 2.22. The molecule has 2 atom stereocenters. The predicted octanol–water partition coefficient (Wildman–Crippen LogP) is 1.12. The van der Waals surface area contributed by atoms with E-state index in [1.165, 1.54) is 13.2 Å². The maximum atomic E-state index is 13.0. The van der Waals surface area contributed by atoms with Gasteiger partial charge >= 0.3 is 0 Å². The molecule has 0 fully saturated rings. The molecule has 0 saturated carbocycles. The summed E-state index contributed by atoms with van der Waals surface area (Å²) in [5.74, 6) is -2.28. The van der Waals surface area contributed by atoms with Crippen LogP contribution >= 0.6 is 0 Å². The Bertz CT molecular complexity index is 427. The van der Waals surface area contributed by atoms with Crippen molar-refractivity contribution in [2.45, 2.75) is 19.0 Å². The summed E-state index contributed by atoms with van der Waals surface area (Å²) in [5, 5.41) is 2.59. The minimum atomic E-state index is -0.949. The van der Waals surface area contributed by atoms with Gasteiger partial charge in [-0.05, 0) is 24.6 Å². The first-order chi connectivity index (χ1) is 8.45. The number of nitrogens with one attached hydrogen (secondary N) is 1. The van der Waals surface area contributed by atoms with E-state index in [1.807, 2.05) is 0 Å². The molecule has 0 aliphatic heterocycles. The van der Waals surface area contributed by atoms with Crippen LogP contribution in [-0.2, 0) is 9.53 Å². The summed E-state index contributed by atoms with van der Waals surface area (Å²) in [5.41, 5.74) is 6.00. The van der Waals surface area contributed by atoms with Crippen LogP contribution in [0, 0.1) is 11.6 Å². The third-order valence-corrected chi connectivity index (χ3v) is 2.49. The fourth-order valence-electron chi connectivity index (χ4n) is 1.44. The van der Waals surface area contributed by atoms with E-state index in [2.05, 4.69) is 5.32 Å². The number of carbonyl (C=O) groups excluding carboxylic acids is 1. The third-order valence-electron chi connectivity index (χ3n) is 2.49. The van der Waals surface area contributed by atoms with Crippen LogP contribution in [0.5, 0.6) is 0 Å². The van der Waals surface area contributed by atoms with E-state index in [9.17, 15) is 13.6 Å². The van der Waals surface area contributed by atoms with Gasteiger partial charge in [0.05, 0.1) is 12.6 Å². The first-order valence-corrected chi connectivity index (χ1v) is 5.45. The Labute approximate surface area is 104 Å². The summed E-state index contributed by atoms with van der Waals surface area (Å²) in [6.45, 7) is 1.75. The summed E-state index contributed by atoms with van der Waals surface area (Å²) in [7, 11) is 1.44. The Morgan fingerprint density at radius 1 is 1.44 bits per heavy atom. The normalized spacial score (nSPS) is 14.1. The van der Waals surface area contributed by atoms with Crippen molar-refractivity contribution in [1.29, 1.82) is 0 Å². The maximum Gasteiger partial charge on any atom is 0.239 e. The number of amides is 1. The van der Waals surface area contributed by atoms with Gasteiger partial charge in [0.2, 0.25) is 5.91 Å². The van der Waals surface area contributed by atoms with Gasteiger partial charge < -0.3 is 15.8 Å². The zero-order valence-corrected chi connectivity index (χ0v) is 10.2. The molecule has 3 N–H and O–H groups in total. The molecule has 6 heteroatoms. The van der Waals surface area contributed by atoms with Gasteiger partial charge in [-0.2, -0.15) is 0 Å². The van der Waals surface area contributed by atoms with Gasteiger partial charge in [0, 0.05) is 7.11 Å². The van der Waals surface area contributed by atoms with Crippen molar-refractivity contribution in [2.24, 2.45) is 5.73 Å². The lowest BCUT2D eigenvalue weighted by molar-refractivity contribution is -0.124. The van der Waals surface area contributed by atoms with Crippen molar-refractivity contribution in [1.82, 2.24) is 5.32 Å². The number of carbonyl (C=O) groups is 1. The van der Waals surface area contributed by atoms with Crippen molar-refractivity contribution < 1.29 is 18.3 Å². The average molecular weight is 258 g/mol. The largest absolute Gasteiger partial charge is 0.383 e. The Morgan fingerprint density at radius 3 is 2.67 bits per heavy atom. The standard InChI is InChI=1S/C12H16F2N2O2/c1-7(16-12(17)11(15)6-18-2)8-3-4-9(13)10(14)5-8/h3-5,7,11H,6,15H2,1-2H3,(H,16,17). The molecule has 0 heterocycles. The lowest BCUT2D eigenvalue weighted by atomic mass is 10.1. The number of halogens is 2. The second-order valence-electron chi connectivity index (χ2n) is 3.97. The van der Waals surface area contributed by atoms with E-state index in [0.717, 1.165) is 12.1 Å². The highest BCUT2D eigenvalue weighted by Gasteiger charge is 2.17. The zero-order chi connectivity index (χ0) is 13.7. The zero-order valence-electron chi connectivity index (χ0n) is 10.2. The second-order valence-corrected chi connectivity index (χ2v) is 3.97. The monoisotopic (exact) mass is 258 g/mol. The van der Waals surface area contributed by atoms with E-state index < -0.39 is 29.6 Å². The van der Waals surface area contributed by atoms with Crippen molar-refractivity contribution in [2.75, 3.05) is 13.7 Å². The highest BCUT2D eigenvalue weighted by Crippen LogP contribution is 2.15. The number of nitrogens with two attached hydrogens (primary N) is 1. The minimum absolute atomic E-state index is 0.0936. The molecular formula is C12H16F2N2O2. The molecule has 1 aromatic carbocycles. The summed E-state index contributed by atoms with van der Waals surface area (Å²) in [4.78, 5) is 11.6. The molecule has 1 rings (SSSR count). The SMILES string of the molecule is COCC(N)C(=O)NC(C)c1ccc(F)c(F)c1. The quantitative estimate of drug-likeness (QED) is 0.831. The van der Waals surface area contributed by atoms with E-state index in [1.54, 1.807) is 6.92 Å². The fraction of sp³-hybridized carbons (Fsp3) is 0.417. The van der Waals surface area contributed by atoms with E-state index in [0.29, 0.717) is 5.56 Å². The number of ether oxygens (including phenoxy) is 1. The molecule has 0 aliphatic carbocycles. The maximum absolute atomic E-state index is 13.0. The molecule has 0 bridgehead atoms. The van der Waals surface area contributed by atoms with Gasteiger partial charge in [0.25, 0.3) is 0 Å². The molecular weight excluding hydrogens is 242 g/mol. The van der Waals surface area contributed by atoms with E-state index >= 15 is 0 Å². The Hall–Kier alpha value is -1.53. The summed E-state index contributed by atoms with van der Waals surface area (Å²) in [6.07, 6.45) is 0. The summed E-state index contributed by atoms with van der Waals surface area (Å²) < 4.78 is 30.5. The van der Waals surface area contributed by atoms with Crippen LogP contribution < -0.4 is 11.1 Å². The van der Waals surface area contributed by atoms with Gasteiger partial charge in [0.15, 0.2) is 11.6 Å². The number of methoxy groups -OCH3 is 1. The third kappa shape index (κ3) is 3.75. The number of benzene rings is 1. The molecule has 0 saturated heterocycles. The van der Waals surface area contributed by atoms with Crippen LogP contribution in [0.4, 0.5) is 8.78 Å². The van der Waals surface area contributed by atoms with E-state index in [4.69, 9.17) is 10.5 Å². The molecule has 2 unspecified atom stereocenters. The number of rotatable bonds is 5. The molecule has 4 nitrogen and oxygen atoms in total. The van der Waals surface area contributed by atoms with Gasteiger partial charge in [0.1, 0.15) is 6.04 Å². The molecule has 0 radical (unpaired) electrons. The van der Waals surface area contributed by atoms with Crippen LogP contribution in [0.25, 0.3) is 0 Å². The van der Waals surface area contributed by atoms with Crippen LogP contribution in [0.2, 0.25) is 0 Å². The minimum Gasteiger partial charge on any atom is -0.383 e. The van der Waals surface area contributed by atoms with Gasteiger partial charge in [-0.15, -0.1) is 0 Å². The van der Waals surface area contributed by atoms with Gasteiger partial charge in [-0.1, -0.05) is 6.07 Å². The summed E-state index contributed by atoms with van der Waals surface area (Å²) >= 11 is 0. The Balaban J connectivity index is 2.67. The van der Waals surface area contributed by atoms with Crippen molar-refractivity contribution in [3.63, 3.8) is 0 Å². The van der Waals surface area contributed by atoms with Crippen molar-refractivity contribution in [3.05, 3.63) is 35.4 Å². The number of hydrogen-bond donors (Lipinski definition) is 2. The van der Waals surface area contributed by atoms with Crippen LogP contribution in [0.1, 0.15) is 18.5 Å². The van der Waals surface area contributed by atoms with Crippen LogP contribution in [-0.4, -0.2) is 25.7 Å².